The van der Waals surface area contributed by atoms with Crippen molar-refractivity contribution in [1.29, 1.82) is 0 Å². The van der Waals surface area contributed by atoms with Crippen molar-refractivity contribution >= 4 is 29.2 Å². The lowest BCUT2D eigenvalue weighted by molar-refractivity contribution is -0.158. The highest BCUT2D eigenvalue weighted by molar-refractivity contribution is 6.31. The van der Waals surface area contributed by atoms with Gasteiger partial charge in [-0.3, -0.25) is 4.79 Å². The van der Waals surface area contributed by atoms with Crippen LogP contribution < -0.4 is 5.73 Å². The second-order valence-corrected chi connectivity index (χ2v) is 11.3. The van der Waals surface area contributed by atoms with Gasteiger partial charge in [0.15, 0.2) is 5.72 Å². The van der Waals surface area contributed by atoms with Gasteiger partial charge in [0.05, 0.1) is 23.8 Å². The number of hydrogen-bond donors (Lipinski definition) is 1. The zero-order chi connectivity index (χ0) is 25.3. The van der Waals surface area contributed by atoms with Gasteiger partial charge in [-0.2, -0.15) is 0 Å². The van der Waals surface area contributed by atoms with Gasteiger partial charge in [-0.05, 0) is 50.5 Å². The maximum atomic E-state index is 15.6. The molecule has 3 fully saturated rings. The molecule has 0 bridgehead atoms. The Morgan fingerprint density at radius 3 is 2.49 bits per heavy atom. The molecular formula is C26H28Cl2F2N2O3. The van der Waals surface area contributed by atoms with Gasteiger partial charge in [-0.25, -0.2) is 13.7 Å². The van der Waals surface area contributed by atoms with E-state index in [4.69, 9.17) is 38.4 Å². The average molecular weight is 525 g/mol. The number of esters is 1. The highest BCUT2D eigenvalue weighted by Gasteiger charge is 2.70. The molecule has 2 aromatic carbocycles. The summed E-state index contributed by atoms with van der Waals surface area (Å²) in [5.41, 5.74) is 4.88. The van der Waals surface area contributed by atoms with E-state index < -0.39 is 46.9 Å². The van der Waals surface area contributed by atoms with Crippen LogP contribution in [0, 0.1) is 17.0 Å². The van der Waals surface area contributed by atoms with Gasteiger partial charge in [0.1, 0.15) is 17.7 Å². The van der Waals surface area contributed by atoms with E-state index in [9.17, 15) is 4.79 Å². The first-order valence-electron chi connectivity index (χ1n) is 11.7. The molecule has 0 saturated carbocycles. The molecule has 0 unspecified atom stereocenters. The SMILES string of the molecule is CCC1(C[C@@H]2N3[C@@H](C(=O)OC3(C)C)[C@H](c3cccc(Cl)c3F)[C@@]2(N)c2ccc(Cl)cc2F)COC1. The number of halogens is 4. The largest absolute Gasteiger partial charge is 0.443 e. The molecule has 2 N–H and O–H groups in total. The second-order valence-electron chi connectivity index (χ2n) is 10.5. The Kier molecular flexibility index (Phi) is 5.97. The van der Waals surface area contributed by atoms with Gasteiger partial charge in [0.2, 0.25) is 0 Å². The number of benzene rings is 2. The van der Waals surface area contributed by atoms with Crippen LogP contribution in [0.1, 0.15) is 50.7 Å². The van der Waals surface area contributed by atoms with Crippen LogP contribution in [0.2, 0.25) is 10.0 Å². The first-order valence-corrected chi connectivity index (χ1v) is 12.5. The molecule has 2 aromatic rings. The van der Waals surface area contributed by atoms with E-state index >= 15 is 8.78 Å². The first-order chi connectivity index (χ1) is 16.4. The molecule has 5 rings (SSSR count). The monoisotopic (exact) mass is 524 g/mol. The summed E-state index contributed by atoms with van der Waals surface area (Å²) in [5, 5.41) is 0.118. The molecule has 0 aliphatic carbocycles. The fourth-order valence-corrected chi connectivity index (χ4v) is 6.62. The molecule has 3 heterocycles. The van der Waals surface area contributed by atoms with Crippen LogP contribution in [0.3, 0.4) is 0 Å². The number of rotatable bonds is 5. The van der Waals surface area contributed by atoms with Crippen molar-refractivity contribution in [3.63, 3.8) is 0 Å². The van der Waals surface area contributed by atoms with Crippen molar-refractivity contribution in [2.75, 3.05) is 13.2 Å². The fourth-order valence-electron chi connectivity index (χ4n) is 6.28. The van der Waals surface area contributed by atoms with Crippen molar-refractivity contribution in [3.8, 4) is 0 Å². The minimum Gasteiger partial charge on any atom is -0.443 e. The standard InChI is InChI=1S/C26H28Cl2F2N2O3/c1-4-25(12-34-13-25)11-19-26(31,16-9-8-14(27)10-18(16)29)20(15-6-5-7-17(28)21(15)30)22-23(33)35-24(2,3)32(19)22/h5-10,19-20,22H,4,11-13,31H2,1-3H3/t19-,20-,22+,26+/m0/s1. The van der Waals surface area contributed by atoms with Gasteiger partial charge in [-0.1, -0.05) is 48.3 Å². The van der Waals surface area contributed by atoms with Crippen LogP contribution in [-0.2, 0) is 19.8 Å². The predicted octanol–water partition coefficient (Wildman–Crippen LogP) is 5.37. The maximum absolute atomic E-state index is 15.6. The van der Waals surface area contributed by atoms with E-state index in [2.05, 4.69) is 6.92 Å². The van der Waals surface area contributed by atoms with E-state index in [0.29, 0.717) is 19.6 Å². The Labute approximate surface area is 213 Å². The summed E-state index contributed by atoms with van der Waals surface area (Å²) in [5.74, 6) is -2.79. The number of hydrogen-bond acceptors (Lipinski definition) is 5. The van der Waals surface area contributed by atoms with Crippen LogP contribution in [0.25, 0.3) is 0 Å². The van der Waals surface area contributed by atoms with Crippen LogP contribution in [0.5, 0.6) is 0 Å². The molecule has 0 aromatic heterocycles. The van der Waals surface area contributed by atoms with Crippen LogP contribution in [-0.4, -0.2) is 41.9 Å². The normalized spacial score (nSPS) is 31.2. The average Bonchev–Trinajstić information content (AvgIpc) is 3.15. The molecule has 0 amide bonds. The maximum Gasteiger partial charge on any atom is 0.325 e. The van der Waals surface area contributed by atoms with Gasteiger partial charge < -0.3 is 15.2 Å². The third-order valence-corrected chi connectivity index (χ3v) is 8.66. The van der Waals surface area contributed by atoms with Crippen molar-refractivity contribution in [2.45, 2.75) is 62.9 Å². The quantitative estimate of drug-likeness (QED) is 0.532. The van der Waals surface area contributed by atoms with E-state index in [-0.39, 0.29) is 26.6 Å². The van der Waals surface area contributed by atoms with Crippen LogP contribution in [0.4, 0.5) is 8.78 Å². The van der Waals surface area contributed by atoms with Crippen molar-refractivity contribution < 1.29 is 23.0 Å². The number of fused-ring (bicyclic) bond motifs is 1. The van der Waals surface area contributed by atoms with Crippen LogP contribution >= 0.6 is 23.2 Å². The van der Waals surface area contributed by atoms with Gasteiger partial charge in [0.25, 0.3) is 0 Å². The fraction of sp³-hybridized carbons (Fsp3) is 0.500. The molecule has 3 aliphatic heterocycles. The number of ether oxygens (including phenoxy) is 2. The predicted molar refractivity (Wildman–Crippen MR) is 129 cm³/mol. The molecule has 35 heavy (non-hydrogen) atoms. The third kappa shape index (κ3) is 3.62. The lowest BCUT2D eigenvalue weighted by Crippen LogP contribution is -2.59. The number of nitrogens with zero attached hydrogens (tertiary/aromatic N) is 1. The summed E-state index contributed by atoms with van der Waals surface area (Å²) in [4.78, 5) is 15.3. The Morgan fingerprint density at radius 1 is 1.17 bits per heavy atom. The van der Waals surface area contributed by atoms with Crippen molar-refractivity contribution in [2.24, 2.45) is 11.1 Å². The van der Waals surface area contributed by atoms with E-state index in [1.54, 1.807) is 32.0 Å². The topological polar surface area (TPSA) is 64.8 Å². The Bertz CT molecular complexity index is 1180. The van der Waals surface area contributed by atoms with Gasteiger partial charge >= 0.3 is 5.97 Å². The summed E-state index contributed by atoms with van der Waals surface area (Å²) >= 11 is 12.2. The third-order valence-electron chi connectivity index (χ3n) is 8.14. The molecule has 3 aliphatic rings. The summed E-state index contributed by atoms with van der Waals surface area (Å²) in [6, 6.07) is 7.39. The molecule has 0 spiro atoms. The lowest BCUT2D eigenvalue weighted by atomic mass is 9.66. The van der Waals surface area contributed by atoms with Crippen LogP contribution in [0.15, 0.2) is 36.4 Å². The number of cyclic esters (lactones) is 1. The molecule has 0 radical (unpaired) electrons. The zero-order valence-corrected chi connectivity index (χ0v) is 21.3. The zero-order valence-electron chi connectivity index (χ0n) is 19.8. The molecular weight excluding hydrogens is 497 g/mol. The van der Waals surface area contributed by atoms with Gasteiger partial charge in [0, 0.05) is 28.0 Å². The number of carbonyl (C=O) groups is 1. The van der Waals surface area contributed by atoms with Gasteiger partial charge in [-0.15, -0.1) is 0 Å². The Morgan fingerprint density at radius 2 is 1.89 bits per heavy atom. The highest BCUT2D eigenvalue weighted by atomic mass is 35.5. The van der Waals surface area contributed by atoms with Crippen molar-refractivity contribution in [3.05, 3.63) is 69.2 Å². The molecule has 4 atom stereocenters. The van der Waals surface area contributed by atoms with E-state index in [0.717, 1.165) is 6.42 Å². The van der Waals surface area contributed by atoms with E-state index in [1.807, 2.05) is 4.90 Å². The Hall–Kier alpha value is -1.77. The highest BCUT2D eigenvalue weighted by Crippen LogP contribution is 2.59. The minimum atomic E-state index is -1.50. The smallest absolute Gasteiger partial charge is 0.325 e. The molecule has 188 valence electrons. The summed E-state index contributed by atoms with van der Waals surface area (Å²) in [6.07, 6.45) is 1.32. The first kappa shape index (κ1) is 24.9. The molecule has 9 heteroatoms. The van der Waals surface area contributed by atoms with Crippen molar-refractivity contribution in [1.82, 2.24) is 4.90 Å². The number of carbonyl (C=O) groups excluding carboxylic acids is 1. The summed E-state index contributed by atoms with van der Waals surface area (Å²) in [7, 11) is 0. The molecule has 5 nitrogen and oxygen atoms in total. The summed E-state index contributed by atoms with van der Waals surface area (Å²) in [6.45, 7) is 6.69. The summed E-state index contributed by atoms with van der Waals surface area (Å²) < 4.78 is 42.5. The molecule has 3 saturated heterocycles. The lowest BCUT2D eigenvalue weighted by Gasteiger charge is -2.49. The van der Waals surface area contributed by atoms with E-state index in [1.165, 1.54) is 18.2 Å². The number of nitrogens with two attached hydrogens (primary N) is 1. The minimum absolute atomic E-state index is 0.0977. The Balaban J connectivity index is 1.80. The second kappa shape index (κ2) is 8.38.